The molecule has 0 aromatic heterocycles. The van der Waals surface area contributed by atoms with Gasteiger partial charge in [0.05, 0.1) is 5.69 Å². The fourth-order valence-corrected chi connectivity index (χ4v) is 2.60. The van der Waals surface area contributed by atoms with Crippen LogP contribution in [-0.4, -0.2) is 38.2 Å². The van der Waals surface area contributed by atoms with Gasteiger partial charge < -0.3 is 20.3 Å². The number of carbonyl (C=O) groups excluding carboxylic acids is 1. The van der Waals surface area contributed by atoms with E-state index in [2.05, 4.69) is 22.6 Å². The number of amides is 1. The van der Waals surface area contributed by atoms with E-state index in [1.54, 1.807) is 6.92 Å². The van der Waals surface area contributed by atoms with Gasteiger partial charge in [0.1, 0.15) is 5.75 Å². The average Bonchev–Trinajstić information content (AvgIpc) is 2.93. The number of likely N-dealkylation sites (N-methyl/N-ethyl adjacent to an activating group) is 1. The first-order chi connectivity index (χ1) is 9.15. The van der Waals surface area contributed by atoms with Crippen molar-refractivity contribution >= 4 is 17.3 Å². The number of benzene rings is 1. The van der Waals surface area contributed by atoms with Gasteiger partial charge in [0.25, 0.3) is 5.91 Å². The fraction of sp³-hybridized carbons (Fsp3) is 0.500. The number of anilines is 2. The second-order valence-electron chi connectivity index (χ2n) is 5.19. The Bertz CT molecular complexity index is 497. The predicted molar refractivity (Wildman–Crippen MR) is 74.8 cm³/mol. The van der Waals surface area contributed by atoms with Crippen LogP contribution in [0.2, 0.25) is 0 Å². The molecule has 1 aromatic carbocycles. The molecule has 2 aliphatic rings. The van der Waals surface area contributed by atoms with Crippen LogP contribution < -0.4 is 20.3 Å². The summed E-state index contributed by atoms with van der Waals surface area (Å²) in [5, 5.41) is 6.25. The van der Waals surface area contributed by atoms with Gasteiger partial charge in [-0.2, -0.15) is 0 Å². The molecular formula is C14H19N3O2. The molecule has 2 heterocycles. The van der Waals surface area contributed by atoms with Crippen molar-refractivity contribution in [3.8, 4) is 5.75 Å². The number of hydrogen-bond donors (Lipinski definition) is 2. The highest BCUT2D eigenvalue weighted by atomic mass is 16.5. The predicted octanol–water partition coefficient (Wildman–Crippen LogP) is 1.20. The monoisotopic (exact) mass is 261 g/mol. The Kier molecular flexibility index (Phi) is 3.06. The summed E-state index contributed by atoms with van der Waals surface area (Å²) >= 11 is 0. The molecule has 0 bridgehead atoms. The largest absolute Gasteiger partial charge is 0.479 e. The van der Waals surface area contributed by atoms with Gasteiger partial charge in [0.2, 0.25) is 0 Å². The Morgan fingerprint density at radius 2 is 2.26 bits per heavy atom. The average molecular weight is 261 g/mol. The smallest absolute Gasteiger partial charge is 0.265 e. The van der Waals surface area contributed by atoms with E-state index in [9.17, 15) is 4.79 Å². The molecule has 1 amide bonds. The molecular weight excluding hydrogens is 242 g/mol. The minimum atomic E-state index is -0.421. The van der Waals surface area contributed by atoms with Crippen LogP contribution >= 0.6 is 0 Å². The zero-order valence-electron chi connectivity index (χ0n) is 11.3. The normalized spacial score (nSPS) is 25.5. The van der Waals surface area contributed by atoms with Gasteiger partial charge in [-0.15, -0.1) is 0 Å². The summed E-state index contributed by atoms with van der Waals surface area (Å²) in [6.07, 6.45) is 0.725. The minimum Gasteiger partial charge on any atom is -0.479 e. The molecule has 5 heteroatoms. The maximum atomic E-state index is 11.6. The molecule has 1 saturated heterocycles. The van der Waals surface area contributed by atoms with Crippen molar-refractivity contribution in [2.75, 3.05) is 30.4 Å². The second kappa shape index (κ2) is 4.74. The molecule has 2 aliphatic heterocycles. The summed E-state index contributed by atoms with van der Waals surface area (Å²) in [6, 6.07) is 6.47. The first kappa shape index (κ1) is 12.3. The van der Waals surface area contributed by atoms with Crippen LogP contribution in [0.15, 0.2) is 18.2 Å². The van der Waals surface area contributed by atoms with Crippen molar-refractivity contribution < 1.29 is 9.53 Å². The summed E-state index contributed by atoms with van der Waals surface area (Å²) in [5.41, 5.74) is 1.87. The molecule has 1 aromatic rings. The van der Waals surface area contributed by atoms with E-state index in [0.717, 1.165) is 36.6 Å². The van der Waals surface area contributed by atoms with Gasteiger partial charge in [-0.1, -0.05) is 0 Å². The quantitative estimate of drug-likeness (QED) is 0.840. The van der Waals surface area contributed by atoms with Gasteiger partial charge in [-0.05, 0) is 38.1 Å². The van der Waals surface area contributed by atoms with E-state index in [-0.39, 0.29) is 5.91 Å². The van der Waals surface area contributed by atoms with E-state index >= 15 is 0 Å². The number of fused-ring (bicyclic) bond motifs is 1. The lowest BCUT2D eigenvalue weighted by Gasteiger charge is -2.29. The molecule has 0 saturated carbocycles. The zero-order chi connectivity index (χ0) is 13.4. The third kappa shape index (κ3) is 2.26. The Morgan fingerprint density at radius 3 is 3.00 bits per heavy atom. The van der Waals surface area contributed by atoms with Crippen LogP contribution in [0.1, 0.15) is 13.3 Å². The van der Waals surface area contributed by atoms with Gasteiger partial charge in [-0.3, -0.25) is 4.79 Å². The SMILES string of the molecule is CC1Oc2ccc(N(C)C3CCNC3)cc2NC1=O. The van der Waals surface area contributed by atoms with Gasteiger partial charge in [0.15, 0.2) is 6.10 Å². The van der Waals surface area contributed by atoms with Crippen LogP contribution in [0.25, 0.3) is 0 Å². The Hall–Kier alpha value is -1.75. The van der Waals surface area contributed by atoms with E-state index in [1.165, 1.54) is 0 Å². The third-order valence-electron chi connectivity index (χ3n) is 3.88. The molecule has 2 atom stereocenters. The van der Waals surface area contributed by atoms with Crippen molar-refractivity contribution in [1.82, 2.24) is 5.32 Å². The Labute approximate surface area is 112 Å². The standard InChI is InChI=1S/C14H19N3O2/c1-9-14(18)16-12-7-10(3-4-13(12)19-9)17(2)11-5-6-15-8-11/h3-4,7,9,11,15H,5-6,8H2,1-2H3,(H,16,18). The zero-order valence-corrected chi connectivity index (χ0v) is 11.3. The molecule has 5 nitrogen and oxygen atoms in total. The summed E-state index contributed by atoms with van der Waals surface area (Å²) < 4.78 is 5.56. The maximum Gasteiger partial charge on any atom is 0.265 e. The van der Waals surface area contributed by atoms with Crippen molar-refractivity contribution in [3.63, 3.8) is 0 Å². The lowest BCUT2D eigenvalue weighted by atomic mass is 10.1. The van der Waals surface area contributed by atoms with Crippen LogP contribution in [0.3, 0.4) is 0 Å². The summed E-state index contributed by atoms with van der Waals surface area (Å²) in [7, 11) is 2.09. The molecule has 1 fully saturated rings. The van der Waals surface area contributed by atoms with Crippen LogP contribution in [-0.2, 0) is 4.79 Å². The number of carbonyl (C=O) groups is 1. The molecule has 0 spiro atoms. The number of nitrogens with one attached hydrogen (secondary N) is 2. The summed E-state index contributed by atoms with van der Waals surface area (Å²) in [6.45, 7) is 3.83. The summed E-state index contributed by atoms with van der Waals surface area (Å²) in [4.78, 5) is 13.9. The van der Waals surface area contributed by atoms with Crippen molar-refractivity contribution in [1.29, 1.82) is 0 Å². The van der Waals surface area contributed by atoms with E-state index in [0.29, 0.717) is 6.04 Å². The number of ether oxygens (including phenoxy) is 1. The van der Waals surface area contributed by atoms with Gasteiger partial charge in [0, 0.05) is 25.3 Å². The highest BCUT2D eigenvalue weighted by Gasteiger charge is 2.25. The highest BCUT2D eigenvalue weighted by molar-refractivity contribution is 5.98. The van der Waals surface area contributed by atoms with E-state index in [4.69, 9.17) is 4.74 Å². The maximum absolute atomic E-state index is 11.6. The highest BCUT2D eigenvalue weighted by Crippen LogP contribution is 2.33. The van der Waals surface area contributed by atoms with Gasteiger partial charge >= 0.3 is 0 Å². The van der Waals surface area contributed by atoms with E-state index < -0.39 is 6.10 Å². The molecule has 0 radical (unpaired) electrons. The second-order valence-corrected chi connectivity index (χ2v) is 5.19. The molecule has 0 aliphatic carbocycles. The molecule has 102 valence electrons. The Balaban J connectivity index is 1.84. The van der Waals surface area contributed by atoms with Crippen molar-refractivity contribution in [2.45, 2.75) is 25.5 Å². The first-order valence-electron chi connectivity index (χ1n) is 6.70. The lowest BCUT2D eigenvalue weighted by molar-refractivity contribution is -0.122. The number of hydrogen-bond acceptors (Lipinski definition) is 4. The molecule has 19 heavy (non-hydrogen) atoms. The third-order valence-corrected chi connectivity index (χ3v) is 3.88. The van der Waals surface area contributed by atoms with Crippen LogP contribution in [0.5, 0.6) is 5.75 Å². The van der Waals surface area contributed by atoms with Crippen LogP contribution in [0.4, 0.5) is 11.4 Å². The topological polar surface area (TPSA) is 53.6 Å². The molecule has 2 N–H and O–H groups in total. The Morgan fingerprint density at radius 1 is 1.42 bits per heavy atom. The number of rotatable bonds is 2. The first-order valence-corrected chi connectivity index (χ1v) is 6.70. The van der Waals surface area contributed by atoms with Crippen molar-refractivity contribution in [3.05, 3.63) is 18.2 Å². The van der Waals surface area contributed by atoms with Crippen molar-refractivity contribution in [2.24, 2.45) is 0 Å². The number of nitrogens with zero attached hydrogens (tertiary/aromatic N) is 1. The summed E-state index contributed by atoms with van der Waals surface area (Å²) in [5.74, 6) is 0.656. The minimum absolute atomic E-state index is 0.0881. The molecule has 3 rings (SSSR count). The molecule has 2 unspecified atom stereocenters. The lowest BCUT2D eigenvalue weighted by Crippen LogP contribution is -2.35. The van der Waals surface area contributed by atoms with E-state index in [1.807, 2.05) is 18.2 Å². The van der Waals surface area contributed by atoms with Gasteiger partial charge in [-0.25, -0.2) is 0 Å². The fourth-order valence-electron chi connectivity index (χ4n) is 2.60. The van der Waals surface area contributed by atoms with Crippen LogP contribution in [0, 0.1) is 0 Å².